The maximum atomic E-state index is 15.0. The Morgan fingerprint density at radius 1 is 1.40 bits per heavy atom. The molecule has 0 bridgehead atoms. The molecule has 1 aromatic carbocycles. The van der Waals surface area contributed by atoms with Crippen LogP contribution in [-0.4, -0.2) is 48.9 Å². The number of carbonyl (C=O) groups excluding carboxylic acids is 1. The van der Waals surface area contributed by atoms with E-state index >= 15 is 4.39 Å². The second-order valence-electron chi connectivity index (χ2n) is 11.3. The van der Waals surface area contributed by atoms with E-state index in [1.807, 2.05) is 0 Å². The number of nitrogens with zero attached hydrogens (tertiary/aromatic N) is 2. The van der Waals surface area contributed by atoms with Crippen LogP contribution >= 0.6 is 0 Å². The third kappa shape index (κ3) is 6.91. The van der Waals surface area contributed by atoms with E-state index in [1.165, 1.54) is 12.1 Å². The van der Waals surface area contributed by atoms with Crippen LogP contribution in [0.4, 0.5) is 4.39 Å². The van der Waals surface area contributed by atoms with E-state index < -0.39 is 34.8 Å². The van der Waals surface area contributed by atoms with Crippen molar-refractivity contribution in [2.24, 2.45) is 28.3 Å². The Morgan fingerprint density at radius 2 is 2.10 bits per heavy atom. The Bertz CT molecular complexity index is 1180. The number of aliphatic imine (C=N–C) groups is 1. The van der Waals surface area contributed by atoms with Crippen molar-refractivity contribution in [1.29, 1.82) is 5.26 Å². The number of aliphatic hydroxyl groups excluding tert-OH is 1. The number of benzene rings is 1. The summed E-state index contributed by atoms with van der Waals surface area (Å²) in [6, 6.07) is 6.97. The van der Waals surface area contributed by atoms with Crippen molar-refractivity contribution in [3.8, 4) is 6.07 Å². The van der Waals surface area contributed by atoms with Crippen molar-refractivity contribution < 1.29 is 23.8 Å². The summed E-state index contributed by atoms with van der Waals surface area (Å²) >= 11 is 0. The zero-order valence-electron chi connectivity index (χ0n) is 23.9. The number of cyclic esters (lactones) is 1. The molecule has 3 rings (SSSR count). The van der Waals surface area contributed by atoms with Gasteiger partial charge >= 0.3 is 5.97 Å². The van der Waals surface area contributed by atoms with Crippen molar-refractivity contribution >= 4 is 11.8 Å². The minimum absolute atomic E-state index is 0.116. The van der Waals surface area contributed by atoms with Crippen LogP contribution in [0.15, 0.2) is 47.1 Å². The van der Waals surface area contributed by atoms with E-state index in [0.717, 1.165) is 31.2 Å². The predicted octanol–water partition coefficient (Wildman–Crippen LogP) is 4.20. The van der Waals surface area contributed by atoms with Crippen LogP contribution in [0.5, 0.6) is 0 Å². The molecule has 5 N–H and O–H groups in total. The van der Waals surface area contributed by atoms with Crippen molar-refractivity contribution in [1.82, 2.24) is 0 Å². The Morgan fingerprint density at radius 3 is 2.65 bits per heavy atom. The van der Waals surface area contributed by atoms with Gasteiger partial charge in [0.05, 0.1) is 36.7 Å². The van der Waals surface area contributed by atoms with Crippen LogP contribution in [0.2, 0.25) is 0 Å². The summed E-state index contributed by atoms with van der Waals surface area (Å²) in [7, 11) is 1.57. The molecular weight excluding hydrogens is 511 g/mol. The Labute approximate surface area is 236 Å². The number of aryl methyl sites for hydroxylation is 1. The van der Waals surface area contributed by atoms with Gasteiger partial charge in [-0.2, -0.15) is 5.26 Å². The molecule has 4 atom stereocenters. The zero-order chi connectivity index (χ0) is 29.5. The molecule has 0 amide bonds. The van der Waals surface area contributed by atoms with Gasteiger partial charge in [-0.05, 0) is 63.5 Å². The SMILES string of the molecule is C=CC(C)(C#N)c1ccc(CCC2(C3CCCC3)CC(O)C(CC(C(N)=NCCOC)=C(C)N)C(=O)O2)cc1F. The lowest BCUT2D eigenvalue weighted by Crippen LogP contribution is -2.53. The molecule has 4 unspecified atom stereocenters. The normalized spacial score (nSPS) is 26.0. The maximum Gasteiger partial charge on any atom is 0.312 e. The summed E-state index contributed by atoms with van der Waals surface area (Å²) in [5.41, 5.74) is 12.2. The number of carbonyl (C=O) groups is 1. The lowest BCUT2D eigenvalue weighted by molar-refractivity contribution is -0.198. The van der Waals surface area contributed by atoms with Gasteiger partial charge in [-0.1, -0.05) is 31.1 Å². The summed E-state index contributed by atoms with van der Waals surface area (Å²) in [6.45, 7) is 7.74. The molecule has 0 spiro atoms. The first-order valence-electron chi connectivity index (χ1n) is 14.0. The lowest BCUT2D eigenvalue weighted by Gasteiger charge is -2.46. The van der Waals surface area contributed by atoms with E-state index in [0.29, 0.717) is 37.3 Å². The van der Waals surface area contributed by atoms with Crippen LogP contribution in [-0.2, 0) is 26.1 Å². The Hall–Kier alpha value is -3.22. The number of aliphatic hydroxyl groups is 1. The summed E-state index contributed by atoms with van der Waals surface area (Å²) in [5.74, 6) is -1.44. The monoisotopic (exact) mass is 554 g/mol. The topological polar surface area (TPSA) is 144 Å². The summed E-state index contributed by atoms with van der Waals surface area (Å²) in [4.78, 5) is 17.7. The summed E-state index contributed by atoms with van der Waals surface area (Å²) in [5, 5.41) is 20.8. The van der Waals surface area contributed by atoms with Crippen LogP contribution < -0.4 is 11.5 Å². The van der Waals surface area contributed by atoms with Gasteiger partial charge < -0.3 is 26.0 Å². The second-order valence-corrected chi connectivity index (χ2v) is 11.3. The Kier molecular flexibility index (Phi) is 10.5. The highest BCUT2D eigenvalue weighted by Gasteiger charge is 2.51. The number of allylic oxidation sites excluding steroid dienone is 2. The standard InChI is InChI=1S/C31H43FN4O4/c1-5-30(3,19-33)25-11-10-21(16-26(25)32)12-13-31(22-8-6-7-9-22)18-27(37)24(29(38)40-31)17-23(20(2)34)28(35)36-14-15-39-4/h5,10-11,16,22,24,27,37H,1,6-9,12-15,17-18,34H2,2-4H3,(H2,35,36). The number of hydrogen-bond acceptors (Lipinski definition) is 7. The quantitative estimate of drug-likeness (QED) is 0.115. The molecule has 8 nitrogen and oxygen atoms in total. The minimum Gasteiger partial charge on any atom is -0.458 e. The van der Waals surface area contributed by atoms with Gasteiger partial charge in [0.1, 0.15) is 17.3 Å². The van der Waals surface area contributed by atoms with Gasteiger partial charge in [0.2, 0.25) is 0 Å². The highest BCUT2D eigenvalue weighted by molar-refractivity contribution is 5.98. The van der Waals surface area contributed by atoms with Crippen LogP contribution in [0.25, 0.3) is 0 Å². The van der Waals surface area contributed by atoms with Gasteiger partial charge in [0.25, 0.3) is 0 Å². The van der Waals surface area contributed by atoms with Crippen LogP contribution in [0.3, 0.4) is 0 Å². The van der Waals surface area contributed by atoms with E-state index in [4.69, 9.17) is 20.9 Å². The molecule has 40 heavy (non-hydrogen) atoms. The third-order valence-electron chi connectivity index (χ3n) is 8.58. The highest BCUT2D eigenvalue weighted by atomic mass is 19.1. The zero-order valence-corrected chi connectivity index (χ0v) is 23.9. The van der Waals surface area contributed by atoms with Gasteiger partial charge in [0.15, 0.2) is 0 Å². The number of esters is 1. The first kappa shape index (κ1) is 31.3. The first-order chi connectivity index (χ1) is 19.0. The van der Waals surface area contributed by atoms with Gasteiger partial charge in [-0.25, -0.2) is 4.39 Å². The number of amidine groups is 1. The third-order valence-corrected chi connectivity index (χ3v) is 8.58. The van der Waals surface area contributed by atoms with Crippen LogP contribution in [0, 0.1) is 29.0 Å². The number of nitrogens with two attached hydrogens (primary N) is 2. The number of hydrogen-bond donors (Lipinski definition) is 3. The summed E-state index contributed by atoms with van der Waals surface area (Å²) in [6.07, 6.45) is 5.70. The van der Waals surface area contributed by atoms with Gasteiger partial charge in [0, 0.05) is 30.4 Å². The molecular formula is C31H43FN4O4. The first-order valence-corrected chi connectivity index (χ1v) is 14.0. The molecule has 218 valence electrons. The molecule has 1 aromatic rings. The van der Waals surface area contributed by atoms with E-state index in [9.17, 15) is 15.2 Å². The maximum absolute atomic E-state index is 15.0. The molecule has 2 aliphatic rings. The fraction of sp³-hybridized carbons (Fsp3) is 0.581. The van der Waals surface area contributed by atoms with Crippen molar-refractivity contribution in [2.45, 2.75) is 82.3 Å². The smallest absolute Gasteiger partial charge is 0.312 e. The lowest BCUT2D eigenvalue weighted by atomic mass is 9.72. The molecule has 9 heteroatoms. The molecule has 1 aliphatic carbocycles. The van der Waals surface area contributed by atoms with Crippen LogP contribution in [0.1, 0.15) is 69.9 Å². The number of rotatable bonds is 12. The molecule has 0 aromatic heterocycles. The van der Waals surface area contributed by atoms with Gasteiger partial charge in [-0.3, -0.25) is 9.79 Å². The van der Waals surface area contributed by atoms with Crippen molar-refractivity contribution in [2.75, 3.05) is 20.3 Å². The van der Waals surface area contributed by atoms with Gasteiger partial charge in [-0.15, -0.1) is 6.58 Å². The minimum atomic E-state index is -1.13. The van der Waals surface area contributed by atoms with E-state index in [1.54, 1.807) is 33.1 Å². The van der Waals surface area contributed by atoms with Crippen molar-refractivity contribution in [3.05, 3.63) is 59.1 Å². The molecule has 1 aliphatic heterocycles. The highest BCUT2D eigenvalue weighted by Crippen LogP contribution is 2.46. The number of ether oxygens (including phenoxy) is 2. The number of halogens is 1. The van der Waals surface area contributed by atoms with E-state index in [-0.39, 0.29) is 30.2 Å². The predicted molar refractivity (Wildman–Crippen MR) is 153 cm³/mol. The molecule has 0 radical (unpaired) electrons. The molecule has 1 saturated carbocycles. The largest absolute Gasteiger partial charge is 0.458 e. The molecule has 1 saturated heterocycles. The number of nitriles is 1. The summed E-state index contributed by atoms with van der Waals surface area (Å²) < 4.78 is 26.3. The second kappa shape index (κ2) is 13.4. The molecule has 2 fully saturated rings. The van der Waals surface area contributed by atoms with E-state index in [2.05, 4.69) is 17.6 Å². The number of methoxy groups -OCH3 is 1. The Balaban J connectivity index is 1.81. The fourth-order valence-electron chi connectivity index (χ4n) is 6.00. The fourth-order valence-corrected chi connectivity index (χ4v) is 6.00. The van der Waals surface area contributed by atoms with Crippen molar-refractivity contribution in [3.63, 3.8) is 0 Å². The average molecular weight is 555 g/mol. The average Bonchev–Trinajstić information content (AvgIpc) is 3.47. The molecule has 1 heterocycles.